The highest BCUT2D eigenvalue weighted by Crippen LogP contribution is 2.35. The van der Waals surface area contributed by atoms with Crippen LogP contribution >= 0.6 is 0 Å². The lowest BCUT2D eigenvalue weighted by Crippen LogP contribution is -2.48. The maximum atomic E-state index is 11.9. The van der Waals surface area contributed by atoms with Crippen molar-refractivity contribution >= 4 is 5.69 Å². The molecule has 41 heavy (non-hydrogen) atoms. The van der Waals surface area contributed by atoms with Crippen molar-refractivity contribution in [2.24, 2.45) is 5.18 Å². The lowest BCUT2D eigenvalue weighted by molar-refractivity contribution is 0.00539. The van der Waals surface area contributed by atoms with E-state index in [9.17, 15) is 4.91 Å². The quantitative estimate of drug-likeness (QED) is 0.216. The fourth-order valence-electron chi connectivity index (χ4n) is 5.51. The van der Waals surface area contributed by atoms with Crippen molar-refractivity contribution in [2.45, 2.75) is 38.0 Å². The van der Waals surface area contributed by atoms with Crippen molar-refractivity contribution in [1.82, 2.24) is 5.32 Å². The average Bonchev–Trinajstić information content (AvgIpc) is 3.01. The lowest BCUT2D eigenvalue weighted by atomic mass is 9.84. The summed E-state index contributed by atoms with van der Waals surface area (Å²) < 4.78 is 29.2. The van der Waals surface area contributed by atoms with Gasteiger partial charge in [-0.3, -0.25) is 0 Å². The van der Waals surface area contributed by atoms with Gasteiger partial charge >= 0.3 is 0 Å². The number of methoxy groups -OCH3 is 1. The third-order valence-corrected chi connectivity index (χ3v) is 7.49. The molecular formula is C32H39N3O6. The summed E-state index contributed by atoms with van der Waals surface area (Å²) >= 11 is 0. The molecule has 2 aliphatic rings. The van der Waals surface area contributed by atoms with Gasteiger partial charge in [-0.15, -0.1) is 0 Å². The maximum Gasteiger partial charge on any atom is 0.142 e. The molecule has 9 heteroatoms. The Labute approximate surface area is 241 Å². The monoisotopic (exact) mass is 561 g/mol. The van der Waals surface area contributed by atoms with Crippen LogP contribution in [0.2, 0.25) is 0 Å². The first kappa shape index (κ1) is 28.9. The van der Waals surface area contributed by atoms with Crippen LogP contribution in [-0.2, 0) is 16.1 Å². The molecule has 3 aromatic rings. The van der Waals surface area contributed by atoms with Crippen LogP contribution < -0.4 is 24.4 Å². The molecule has 218 valence electrons. The van der Waals surface area contributed by atoms with Crippen LogP contribution in [0.15, 0.2) is 71.9 Å². The summed E-state index contributed by atoms with van der Waals surface area (Å²) in [6.07, 6.45) is 0.738. The second-order valence-electron chi connectivity index (χ2n) is 10.3. The van der Waals surface area contributed by atoms with Gasteiger partial charge in [0.2, 0.25) is 0 Å². The minimum atomic E-state index is -0.434. The molecule has 1 N–H and O–H groups in total. The van der Waals surface area contributed by atoms with E-state index in [2.05, 4.69) is 21.5 Å². The zero-order valence-electron chi connectivity index (χ0n) is 23.8. The van der Waals surface area contributed by atoms with E-state index in [1.165, 1.54) is 0 Å². The summed E-state index contributed by atoms with van der Waals surface area (Å²) in [7, 11) is 1.73. The summed E-state index contributed by atoms with van der Waals surface area (Å²) in [4.78, 5) is 14.2. The molecule has 3 aromatic carbocycles. The molecule has 1 saturated heterocycles. The molecule has 0 aromatic heterocycles. The average molecular weight is 562 g/mol. The molecule has 3 atom stereocenters. The molecule has 1 fully saturated rings. The van der Waals surface area contributed by atoms with Crippen molar-refractivity contribution in [3.05, 3.63) is 82.8 Å². The largest absolute Gasteiger partial charge is 0.494 e. The van der Waals surface area contributed by atoms with Crippen LogP contribution in [0.1, 0.15) is 30.4 Å². The molecule has 0 bridgehead atoms. The number of hydrogen-bond donors (Lipinski definition) is 1. The molecule has 0 radical (unpaired) electrons. The van der Waals surface area contributed by atoms with Gasteiger partial charge in [-0.1, -0.05) is 29.4 Å². The minimum absolute atomic E-state index is 0.171. The Balaban J connectivity index is 1.27. The van der Waals surface area contributed by atoms with E-state index in [0.29, 0.717) is 44.4 Å². The fraction of sp³-hybridized carbons (Fsp3) is 0.438. The molecule has 5 rings (SSSR count). The summed E-state index contributed by atoms with van der Waals surface area (Å²) in [5.41, 5.74) is 3.14. The van der Waals surface area contributed by atoms with Gasteiger partial charge in [0.1, 0.15) is 35.6 Å². The molecule has 9 nitrogen and oxygen atoms in total. The molecule has 2 heterocycles. The Morgan fingerprint density at radius 2 is 1.88 bits per heavy atom. The highest BCUT2D eigenvalue weighted by molar-refractivity contribution is 5.61. The molecule has 0 spiro atoms. The Bertz CT molecular complexity index is 1270. The zero-order valence-corrected chi connectivity index (χ0v) is 23.8. The van der Waals surface area contributed by atoms with Gasteiger partial charge in [-0.05, 0) is 60.9 Å². The maximum absolute atomic E-state index is 11.9. The second-order valence-corrected chi connectivity index (χ2v) is 10.3. The van der Waals surface area contributed by atoms with Gasteiger partial charge in [-0.2, -0.15) is 4.91 Å². The third kappa shape index (κ3) is 7.35. The number of fused-ring (bicyclic) bond motifs is 1. The van der Waals surface area contributed by atoms with Crippen LogP contribution in [0.25, 0.3) is 0 Å². The molecular weight excluding hydrogens is 522 g/mol. The Morgan fingerprint density at radius 3 is 2.68 bits per heavy atom. The number of ether oxygens (including phenoxy) is 5. The number of benzene rings is 3. The second kappa shape index (κ2) is 14.3. The normalized spacial score (nSPS) is 20.1. The lowest BCUT2D eigenvalue weighted by Gasteiger charge is -2.36. The van der Waals surface area contributed by atoms with E-state index >= 15 is 0 Å². The van der Waals surface area contributed by atoms with Crippen LogP contribution in [0.5, 0.6) is 23.0 Å². The van der Waals surface area contributed by atoms with E-state index < -0.39 is 6.04 Å². The zero-order chi connectivity index (χ0) is 28.4. The standard InChI is InChI=1S/C32H39N3O6/c1-3-38-26-6-4-7-27(19-26)41-25-11-9-24(10-12-25)32-28(34-36)20-33-21-31(32)40-22-23-8-13-30-29(18-23)35(15-17-39-30)14-5-16-37-2/h4,6-13,18-19,28,31-33H,3,5,14-17,20-22H2,1-2H3/t28-,31+,32+/m1/s1. The number of nitrogens with one attached hydrogen (secondary N) is 1. The fourth-order valence-corrected chi connectivity index (χ4v) is 5.51. The number of nitroso groups, excluding NO2 is 1. The molecule has 0 aliphatic carbocycles. The third-order valence-electron chi connectivity index (χ3n) is 7.49. The van der Waals surface area contributed by atoms with Crippen molar-refractivity contribution in [3.8, 4) is 23.0 Å². The van der Waals surface area contributed by atoms with E-state index in [1.807, 2.05) is 67.6 Å². The van der Waals surface area contributed by atoms with Crippen LogP contribution in [0, 0.1) is 4.91 Å². The molecule has 2 aliphatic heterocycles. The van der Waals surface area contributed by atoms with Crippen molar-refractivity contribution in [3.63, 3.8) is 0 Å². The summed E-state index contributed by atoms with van der Waals surface area (Å²) in [5, 5.41) is 6.78. The van der Waals surface area contributed by atoms with E-state index in [0.717, 1.165) is 54.4 Å². The van der Waals surface area contributed by atoms with Crippen LogP contribution in [0.4, 0.5) is 5.69 Å². The van der Waals surface area contributed by atoms with Gasteiger partial charge in [0.05, 0.1) is 31.5 Å². The van der Waals surface area contributed by atoms with Gasteiger partial charge < -0.3 is 33.9 Å². The highest BCUT2D eigenvalue weighted by Gasteiger charge is 2.36. The van der Waals surface area contributed by atoms with Gasteiger partial charge in [0, 0.05) is 45.3 Å². The minimum Gasteiger partial charge on any atom is -0.494 e. The predicted octanol–water partition coefficient (Wildman–Crippen LogP) is 5.52. The predicted molar refractivity (Wildman–Crippen MR) is 159 cm³/mol. The summed E-state index contributed by atoms with van der Waals surface area (Å²) in [6, 6.07) is 21.2. The van der Waals surface area contributed by atoms with E-state index in [1.54, 1.807) is 7.11 Å². The van der Waals surface area contributed by atoms with Crippen molar-refractivity contribution in [1.29, 1.82) is 0 Å². The Morgan fingerprint density at radius 1 is 1.02 bits per heavy atom. The summed E-state index contributed by atoms with van der Waals surface area (Å²) in [5.74, 6) is 2.89. The van der Waals surface area contributed by atoms with E-state index in [4.69, 9.17) is 23.7 Å². The molecule has 0 amide bonds. The number of anilines is 1. The van der Waals surface area contributed by atoms with Crippen molar-refractivity contribution < 1.29 is 23.7 Å². The number of piperidine rings is 1. The van der Waals surface area contributed by atoms with Crippen LogP contribution in [-0.4, -0.2) is 65.3 Å². The topological polar surface area (TPSA) is 90.8 Å². The smallest absolute Gasteiger partial charge is 0.142 e. The number of hydrogen-bond acceptors (Lipinski definition) is 9. The molecule has 0 saturated carbocycles. The van der Waals surface area contributed by atoms with Crippen molar-refractivity contribution in [2.75, 3.05) is 58.0 Å². The summed E-state index contributed by atoms with van der Waals surface area (Å²) in [6.45, 7) is 7.28. The Kier molecular flexibility index (Phi) is 10.1. The first-order valence-electron chi connectivity index (χ1n) is 14.3. The van der Waals surface area contributed by atoms with Gasteiger partial charge in [0.15, 0.2) is 0 Å². The highest BCUT2D eigenvalue weighted by atomic mass is 16.5. The molecule has 0 unspecified atom stereocenters. The number of rotatable bonds is 13. The SMILES string of the molecule is CCOc1cccc(Oc2ccc([C@@H]3[C@@H](OCc4ccc5c(c4)N(CCCOC)CCO5)CNC[C@H]3N=O)cc2)c1. The first-order valence-corrected chi connectivity index (χ1v) is 14.3. The van der Waals surface area contributed by atoms with E-state index in [-0.39, 0.29) is 12.0 Å². The van der Waals surface area contributed by atoms with Gasteiger partial charge in [-0.25, -0.2) is 0 Å². The Hall–Kier alpha value is -3.66. The van der Waals surface area contributed by atoms with Crippen LogP contribution in [0.3, 0.4) is 0 Å². The number of nitrogens with zero attached hydrogens (tertiary/aromatic N) is 2. The van der Waals surface area contributed by atoms with Gasteiger partial charge in [0.25, 0.3) is 0 Å². The first-order chi connectivity index (χ1) is 20.2.